The second-order valence-corrected chi connectivity index (χ2v) is 6.29. The molecule has 2 heterocycles. The minimum Gasteiger partial charge on any atom is -0.481 e. The lowest BCUT2D eigenvalue weighted by molar-refractivity contribution is -0.143. The summed E-state index contributed by atoms with van der Waals surface area (Å²) in [6, 6.07) is 2.25. The largest absolute Gasteiger partial charge is 0.481 e. The summed E-state index contributed by atoms with van der Waals surface area (Å²) < 4.78 is 0. The molecule has 0 aliphatic carbocycles. The van der Waals surface area contributed by atoms with Gasteiger partial charge in [-0.1, -0.05) is 0 Å². The van der Waals surface area contributed by atoms with Gasteiger partial charge in [-0.15, -0.1) is 23.7 Å². The first kappa shape index (κ1) is 15.5. The van der Waals surface area contributed by atoms with Gasteiger partial charge in [-0.05, 0) is 51.4 Å². The van der Waals surface area contributed by atoms with E-state index < -0.39 is 5.97 Å². The molecule has 1 fully saturated rings. The molecule has 0 atom stereocenters. The minimum atomic E-state index is -0.632. The molecule has 102 valence electrons. The topological polar surface area (TPSA) is 40.5 Å². The number of hydrogen-bond donors (Lipinski definition) is 1. The van der Waals surface area contributed by atoms with Crippen molar-refractivity contribution in [1.82, 2.24) is 4.90 Å². The number of nitrogens with zero attached hydrogens (tertiary/aromatic N) is 1. The van der Waals surface area contributed by atoms with Crippen molar-refractivity contribution in [2.45, 2.75) is 33.2 Å². The maximum Gasteiger partial charge on any atom is 0.306 e. The number of carboxylic acid groups (broad SMARTS) is 1. The molecule has 0 bridgehead atoms. The normalized spacial score (nSPS) is 17.4. The monoisotopic (exact) mass is 289 g/mol. The van der Waals surface area contributed by atoms with E-state index in [0.717, 1.165) is 32.5 Å². The summed E-state index contributed by atoms with van der Waals surface area (Å²) in [6.07, 6.45) is 1.58. The predicted molar refractivity (Wildman–Crippen MR) is 76.7 cm³/mol. The molecule has 1 N–H and O–H groups in total. The van der Waals surface area contributed by atoms with Gasteiger partial charge in [-0.25, -0.2) is 0 Å². The van der Waals surface area contributed by atoms with Gasteiger partial charge in [0, 0.05) is 16.3 Å². The Morgan fingerprint density at radius 2 is 2.06 bits per heavy atom. The van der Waals surface area contributed by atoms with Crippen molar-refractivity contribution in [2.24, 2.45) is 5.92 Å². The SMILES string of the molecule is Cc1cc(CN2CCC(C(=O)O)CC2)c(C)s1.Cl. The Labute approximate surface area is 118 Å². The van der Waals surface area contributed by atoms with Crippen molar-refractivity contribution in [3.63, 3.8) is 0 Å². The van der Waals surface area contributed by atoms with Gasteiger partial charge in [0.2, 0.25) is 0 Å². The van der Waals surface area contributed by atoms with Crippen LogP contribution in [0.3, 0.4) is 0 Å². The van der Waals surface area contributed by atoms with Gasteiger partial charge in [-0.2, -0.15) is 0 Å². The number of thiophene rings is 1. The summed E-state index contributed by atoms with van der Waals surface area (Å²) in [5.41, 5.74) is 1.40. The van der Waals surface area contributed by atoms with Gasteiger partial charge in [0.25, 0.3) is 0 Å². The van der Waals surface area contributed by atoms with Crippen LogP contribution in [0.15, 0.2) is 6.07 Å². The quantitative estimate of drug-likeness (QED) is 0.930. The second kappa shape index (κ2) is 6.55. The lowest BCUT2D eigenvalue weighted by atomic mass is 9.97. The highest BCUT2D eigenvalue weighted by Crippen LogP contribution is 2.24. The summed E-state index contributed by atoms with van der Waals surface area (Å²) >= 11 is 1.84. The van der Waals surface area contributed by atoms with E-state index in [1.807, 2.05) is 11.3 Å². The van der Waals surface area contributed by atoms with Gasteiger partial charge in [0.1, 0.15) is 0 Å². The maximum absolute atomic E-state index is 10.9. The first-order valence-electron chi connectivity index (χ1n) is 6.07. The van der Waals surface area contributed by atoms with E-state index in [9.17, 15) is 4.79 Å². The van der Waals surface area contributed by atoms with Gasteiger partial charge in [0.05, 0.1) is 5.92 Å². The number of aryl methyl sites for hydroxylation is 2. The molecule has 0 spiro atoms. The third-order valence-electron chi connectivity index (χ3n) is 3.47. The number of aliphatic carboxylic acids is 1. The number of carboxylic acids is 1. The molecule has 0 amide bonds. The van der Waals surface area contributed by atoms with E-state index in [-0.39, 0.29) is 18.3 Å². The van der Waals surface area contributed by atoms with E-state index in [1.165, 1.54) is 15.3 Å². The van der Waals surface area contributed by atoms with Crippen molar-refractivity contribution in [2.75, 3.05) is 13.1 Å². The molecule has 0 unspecified atom stereocenters. The fourth-order valence-electron chi connectivity index (χ4n) is 2.42. The summed E-state index contributed by atoms with van der Waals surface area (Å²) in [6.45, 7) is 7.09. The molecule has 0 saturated carbocycles. The Bertz CT molecular complexity index is 411. The fraction of sp³-hybridized carbons (Fsp3) is 0.615. The highest BCUT2D eigenvalue weighted by Gasteiger charge is 2.24. The third-order valence-corrected chi connectivity index (χ3v) is 4.48. The molecule has 1 aliphatic heterocycles. The number of carbonyl (C=O) groups is 1. The average molecular weight is 290 g/mol. The van der Waals surface area contributed by atoms with Crippen LogP contribution in [0.4, 0.5) is 0 Å². The minimum absolute atomic E-state index is 0. The lowest BCUT2D eigenvalue weighted by Crippen LogP contribution is -2.35. The molecule has 18 heavy (non-hydrogen) atoms. The molecule has 1 aromatic heterocycles. The Morgan fingerprint density at radius 3 is 2.50 bits per heavy atom. The van der Waals surface area contributed by atoms with Crippen LogP contribution in [0.25, 0.3) is 0 Å². The molecule has 2 rings (SSSR count). The Kier molecular flexibility index (Phi) is 5.63. The van der Waals surface area contributed by atoms with Crippen LogP contribution in [-0.4, -0.2) is 29.1 Å². The Morgan fingerprint density at radius 1 is 1.44 bits per heavy atom. The van der Waals surface area contributed by atoms with E-state index in [1.54, 1.807) is 0 Å². The number of halogens is 1. The van der Waals surface area contributed by atoms with Crippen molar-refractivity contribution in [1.29, 1.82) is 0 Å². The van der Waals surface area contributed by atoms with Gasteiger partial charge in [0.15, 0.2) is 0 Å². The van der Waals surface area contributed by atoms with Gasteiger partial charge >= 0.3 is 5.97 Å². The van der Waals surface area contributed by atoms with E-state index in [4.69, 9.17) is 5.11 Å². The summed E-state index contributed by atoms with van der Waals surface area (Å²) in [5, 5.41) is 8.94. The van der Waals surface area contributed by atoms with Crippen LogP contribution in [0.1, 0.15) is 28.2 Å². The van der Waals surface area contributed by atoms with Crippen LogP contribution in [-0.2, 0) is 11.3 Å². The molecule has 0 radical (unpaired) electrons. The van der Waals surface area contributed by atoms with Crippen molar-refractivity contribution in [3.8, 4) is 0 Å². The van der Waals surface area contributed by atoms with Crippen LogP contribution < -0.4 is 0 Å². The standard InChI is InChI=1S/C13H19NO2S.ClH/c1-9-7-12(10(2)17-9)8-14-5-3-11(4-6-14)13(15)16;/h7,11H,3-6,8H2,1-2H3,(H,15,16);1H. The van der Waals surface area contributed by atoms with Crippen LogP contribution in [0, 0.1) is 19.8 Å². The molecular weight excluding hydrogens is 270 g/mol. The molecule has 1 aromatic rings. The van der Waals surface area contributed by atoms with Crippen molar-refractivity contribution >= 4 is 29.7 Å². The van der Waals surface area contributed by atoms with Crippen LogP contribution >= 0.6 is 23.7 Å². The highest BCUT2D eigenvalue weighted by atomic mass is 35.5. The fourth-order valence-corrected chi connectivity index (χ4v) is 3.36. The van der Waals surface area contributed by atoms with Crippen molar-refractivity contribution in [3.05, 3.63) is 21.4 Å². The number of piperidine rings is 1. The first-order chi connectivity index (χ1) is 8.06. The molecule has 1 aliphatic rings. The average Bonchev–Trinajstić information content (AvgIpc) is 2.58. The molecule has 0 aromatic carbocycles. The highest BCUT2D eigenvalue weighted by molar-refractivity contribution is 7.12. The second-order valence-electron chi connectivity index (χ2n) is 4.83. The zero-order valence-electron chi connectivity index (χ0n) is 10.8. The number of hydrogen-bond acceptors (Lipinski definition) is 3. The molecular formula is C13H20ClNO2S. The maximum atomic E-state index is 10.9. The summed E-state index contributed by atoms with van der Waals surface area (Å²) in [5.74, 6) is -0.760. The van der Waals surface area contributed by atoms with Gasteiger partial charge < -0.3 is 5.11 Å². The molecule has 5 heteroatoms. The van der Waals surface area contributed by atoms with Crippen LogP contribution in [0.2, 0.25) is 0 Å². The zero-order chi connectivity index (χ0) is 12.4. The summed E-state index contributed by atoms with van der Waals surface area (Å²) in [4.78, 5) is 16.0. The predicted octanol–water partition coefficient (Wildman–Crippen LogP) is 3.08. The van der Waals surface area contributed by atoms with E-state index in [0.29, 0.717) is 0 Å². The van der Waals surface area contributed by atoms with Crippen molar-refractivity contribution < 1.29 is 9.90 Å². The van der Waals surface area contributed by atoms with Crippen LogP contribution in [0.5, 0.6) is 0 Å². The zero-order valence-corrected chi connectivity index (χ0v) is 12.4. The van der Waals surface area contributed by atoms with Gasteiger partial charge in [-0.3, -0.25) is 9.69 Å². The Balaban J connectivity index is 0.00000162. The summed E-state index contributed by atoms with van der Waals surface area (Å²) in [7, 11) is 0. The molecule has 3 nitrogen and oxygen atoms in total. The lowest BCUT2D eigenvalue weighted by Gasteiger charge is -2.29. The third kappa shape index (κ3) is 3.70. The smallest absolute Gasteiger partial charge is 0.306 e. The number of rotatable bonds is 3. The first-order valence-corrected chi connectivity index (χ1v) is 6.89. The van der Waals surface area contributed by atoms with E-state index in [2.05, 4.69) is 24.8 Å². The Hall–Kier alpha value is -0.580. The van der Waals surface area contributed by atoms with E-state index >= 15 is 0 Å². The molecule has 1 saturated heterocycles. The number of likely N-dealkylation sites (tertiary alicyclic amines) is 1.